The first-order chi connectivity index (χ1) is 9.08. The average Bonchev–Trinajstić information content (AvgIpc) is 2.39. The van der Waals surface area contributed by atoms with Crippen LogP contribution < -0.4 is 0 Å². The maximum absolute atomic E-state index is 12.1. The predicted octanol–water partition coefficient (Wildman–Crippen LogP) is 0.799. The number of nitrogens with zero attached hydrogens (tertiary/aromatic N) is 3. The van der Waals surface area contributed by atoms with Crippen LogP contribution in [0.5, 0.6) is 0 Å². The van der Waals surface area contributed by atoms with E-state index in [0.717, 1.165) is 52.1 Å². The summed E-state index contributed by atoms with van der Waals surface area (Å²) in [4.78, 5) is 30.0. The highest BCUT2D eigenvalue weighted by Gasteiger charge is 2.23. The van der Waals surface area contributed by atoms with Gasteiger partial charge in [-0.15, -0.1) is 0 Å². The van der Waals surface area contributed by atoms with Crippen molar-refractivity contribution in [2.24, 2.45) is 0 Å². The summed E-state index contributed by atoms with van der Waals surface area (Å²) in [5.41, 5.74) is 0. The molecule has 0 atom stereocenters. The first-order valence-corrected chi connectivity index (χ1v) is 7.32. The molecule has 0 aromatic heterocycles. The smallest absolute Gasteiger partial charge is 0.232 e. The lowest BCUT2D eigenvalue weighted by atomic mass is 10.2. The number of carbonyl (C=O) groups is 2. The number of rotatable bonds is 6. The fourth-order valence-electron chi connectivity index (χ4n) is 2.31. The number of amides is 2. The molecule has 110 valence electrons. The molecule has 0 bridgehead atoms. The molecule has 19 heavy (non-hydrogen) atoms. The molecule has 0 saturated carbocycles. The highest BCUT2D eigenvalue weighted by molar-refractivity contribution is 5.96. The summed E-state index contributed by atoms with van der Waals surface area (Å²) in [7, 11) is 2.05. The Morgan fingerprint density at radius 3 is 2.00 bits per heavy atom. The highest BCUT2D eigenvalue weighted by Crippen LogP contribution is 2.05. The van der Waals surface area contributed by atoms with Crippen LogP contribution in [0.1, 0.15) is 33.1 Å². The Hall–Kier alpha value is -1.10. The quantitative estimate of drug-likeness (QED) is 0.670. The van der Waals surface area contributed by atoms with E-state index in [9.17, 15) is 9.59 Å². The third-order valence-electron chi connectivity index (χ3n) is 3.50. The largest absolute Gasteiger partial charge is 0.342 e. The monoisotopic (exact) mass is 269 g/mol. The number of piperazine rings is 1. The Bertz CT molecular complexity index is 293. The van der Waals surface area contributed by atoms with Crippen molar-refractivity contribution in [2.45, 2.75) is 33.1 Å². The standard InChI is InChI=1S/C14H27N3O2/c1-4-6-16(7-5-2)13(18)12-14(19)17-10-8-15(3)9-11-17/h4-12H2,1-3H3. The molecule has 1 aliphatic heterocycles. The maximum atomic E-state index is 12.1. The normalized spacial score (nSPS) is 16.5. The Morgan fingerprint density at radius 1 is 1.00 bits per heavy atom. The summed E-state index contributed by atoms with van der Waals surface area (Å²) >= 11 is 0. The van der Waals surface area contributed by atoms with E-state index in [4.69, 9.17) is 0 Å². The third-order valence-corrected chi connectivity index (χ3v) is 3.50. The minimum Gasteiger partial charge on any atom is -0.342 e. The van der Waals surface area contributed by atoms with Crippen LogP contribution in [0.25, 0.3) is 0 Å². The molecule has 0 unspecified atom stereocenters. The van der Waals surface area contributed by atoms with Crippen LogP contribution in [0.4, 0.5) is 0 Å². The summed E-state index contributed by atoms with van der Waals surface area (Å²) in [6, 6.07) is 0. The van der Waals surface area contributed by atoms with Gasteiger partial charge in [0.2, 0.25) is 11.8 Å². The van der Waals surface area contributed by atoms with E-state index in [1.807, 2.05) is 9.80 Å². The summed E-state index contributed by atoms with van der Waals surface area (Å²) in [5, 5.41) is 0. The van der Waals surface area contributed by atoms with Crippen LogP contribution in [0.3, 0.4) is 0 Å². The van der Waals surface area contributed by atoms with E-state index in [-0.39, 0.29) is 18.2 Å². The fraction of sp³-hybridized carbons (Fsp3) is 0.857. The van der Waals surface area contributed by atoms with Crippen LogP contribution in [0.15, 0.2) is 0 Å². The van der Waals surface area contributed by atoms with Gasteiger partial charge >= 0.3 is 0 Å². The molecular formula is C14H27N3O2. The summed E-state index contributed by atoms with van der Waals surface area (Å²) in [6.07, 6.45) is 1.91. The van der Waals surface area contributed by atoms with Crippen LogP contribution >= 0.6 is 0 Å². The number of likely N-dealkylation sites (N-methyl/N-ethyl adjacent to an activating group) is 1. The van der Waals surface area contributed by atoms with Gasteiger partial charge in [-0.2, -0.15) is 0 Å². The molecule has 0 spiro atoms. The fourth-order valence-corrected chi connectivity index (χ4v) is 2.31. The van der Waals surface area contributed by atoms with Gasteiger partial charge in [0.25, 0.3) is 0 Å². The van der Waals surface area contributed by atoms with Gasteiger partial charge in [-0.05, 0) is 19.9 Å². The van der Waals surface area contributed by atoms with Crippen molar-refractivity contribution < 1.29 is 9.59 Å². The molecule has 5 heteroatoms. The second kappa shape index (κ2) is 8.15. The molecule has 0 aliphatic carbocycles. The SMILES string of the molecule is CCCN(CCC)C(=O)CC(=O)N1CCN(C)CC1. The van der Waals surface area contributed by atoms with Gasteiger partial charge in [-0.25, -0.2) is 0 Å². The summed E-state index contributed by atoms with van der Waals surface area (Å²) in [5.74, 6) is -0.0389. The van der Waals surface area contributed by atoms with Crippen molar-refractivity contribution in [3.8, 4) is 0 Å². The van der Waals surface area contributed by atoms with E-state index in [0.29, 0.717) is 0 Å². The predicted molar refractivity (Wildman–Crippen MR) is 75.9 cm³/mol. The van der Waals surface area contributed by atoms with Crippen molar-refractivity contribution in [1.82, 2.24) is 14.7 Å². The molecule has 1 saturated heterocycles. The molecular weight excluding hydrogens is 242 g/mol. The first kappa shape index (κ1) is 16.0. The first-order valence-electron chi connectivity index (χ1n) is 7.32. The highest BCUT2D eigenvalue weighted by atomic mass is 16.2. The molecule has 1 heterocycles. The minimum atomic E-state index is -0.0207. The molecule has 0 aromatic rings. The molecule has 1 aliphatic rings. The number of hydrogen-bond acceptors (Lipinski definition) is 3. The zero-order valence-corrected chi connectivity index (χ0v) is 12.5. The summed E-state index contributed by atoms with van der Waals surface area (Å²) < 4.78 is 0. The number of hydrogen-bond donors (Lipinski definition) is 0. The molecule has 1 fully saturated rings. The second-order valence-corrected chi connectivity index (χ2v) is 5.24. The second-order valence-electron chi connectivity index (χ2n) is 5.24. The van der Waals surface area contributed by atoms with E-state index in [1.165, 1.54) is 0 Å². The van der Waals surface area contributed by atoms with E-state index >= 15 is 0 Å². The minimum absolute atomic E-state index is 0.0182. The zero-order valence-electron chi connectivity index (χ0n) is 12.5. The Labute approximate surface area is 116 Å². The molecule has 5 nitrogen and oxygen atoms in total. The topological polar surface area (TPSA) is 43.9 Å². The molecule has 1 rings (SSSR count). The van der Waals surface area contributed by atoms with Crippen molar-refractivity contribution in [1.29, 1.82) is 0 Å². The van der Waals surface area contributed by atoms with E-state index < -0.39 is 0 Å². The Balaban J connectivity index is 2.43. The van der Waals surface area contributed by atoms with Crippen molar-refractivity contribution in [3.63, 3.8) is 0 Å². The summed E-state index contributed by atoms with van der Waals surface area (Å²) in [6.45, 7) is 8.89. The van der Waals surface area contributed by atoms with Crippen LogP contribution in [-0.2, 0) is 9.59 Å². The van der Waals surface area contributed by atoms with Gasteiger partial charge in [0.15, 0.2) is 0 Å². The molecule has 2 amide bonds. The van der Waals surface area contributed by atoms with Gasteiger partial charge in [0.05, 0.1) is 0 Å². The van der Waals surface area contributed by atoms with Gasteiger partial charge in [0.1, 0.15) is 6.42 Å². The number of carbonyl (C=O) groups excluding carboxylic acids is 2. The Morgan fingerprint density at radius 2 is 1.53 bits per heavy atom. The molecule has 0 radical (unpaired) electrons. The van der Waals surface area contributed by atoms with Crippen molar-refractivity contribution >= 4 is 11.8 Å². The maximum Gasteiger partial charge on any atom is 0.232 e. The van der Waals surface area contributed by atoms with Gasteiger partial charge in [-0.1, -0.05) is 13.8 Å². The van der Waals surface area contributed by atoms with Gasteiger partial charge < -0.3 is 14.7 Å². The van der Waals surface area contributed by atoms with Gasteiger partial charge in [-0.3, -0.25) is 9.59 Å². The molecule has 0 N–H and O–H groups in total. The lowest BCUT2D eigenvalue weighted by Crippen LogP contribution is -2.48. The van der Waals surface area contributed by atoms with Crippen LogP contribution in [0.2, 0.25) is 0 Å². The Kier molecular flexibility index (Phi) is 6.84. The average molecular weight is 269 g/mol. The van der Waals surface area contributed by atoms with Gasteiger partial charge in [0, 0.05) is 39.3 Å². The van der Waals surface area contributed by atoms with E-state index in [1.54, 1.807) is 0 Å². The third kappa shape index (κ3) is 5.19. The zero-order chi connectivity index (χ0) is 14.3. The lowest BCUT2D eigenvalue weighted by Gasteiger charge is -2.32. The van der Waals surface area contributed by atoms with Crippen LogP contribution in [0, 0.1) is 0 Å². The van der Waals surface area contributed by atoms with Crippen LogP contribution in [-0.4, -0.2) is 72.8 Å². The van der Waals surface area contributed by atoms with Crippen molar-refractivity contribution in [2.75, 3.05) is 46.3 Å². The molecule has 0 aromatic carbocycles. The lowest BCUT2D eigenvalue weighted by molar-refractivity contribution is -0.141. The van der Waals surface area contributed by atoms with E-state index in [2.05, 4.69) is 25.8 Å². The van der Waals surface area contributed by atoms with Crippen molar-refractivity contribution in [3.05, 3.63) is 0 Å².